The van der Waals surface area contributed by atoms with Crippen LogP contribution >= 0.6 is 0 Å². The summed E-state index contributed by atoms with van der Waals surface area (Å²) in [5.74, 6) is 0. The van der Waals surface area contributed by atoms with Crippen LogP contribution in [0.15, 0.2) is 60.8 Å². The van der Waals surface area contributed by atoms with Gasteiger partial charge in [-0.05, 0) is 23.6 Å². The Bertz CT molecular complexity index is 681. The Morgan fingerprint density at radius 1 is 0.947 bits per heavy atom. The molecule has 0 aliphatic heterocycles. The maximum Gasteiger partial charge on any atom is 0.0457 e. The SMILES string of the molecule is CC[C@@](C)(c1ccccc1)c1c[nH]c2ccccc12. The zero-order valence-corrected chi connectivity index (χ0v) is 11.5. The van der Waals surface area contributed by atoms with Gasteiger partial charge in [-0.15, -0.1) is 0 Å². The Hall–Kier alpha value is -2.02. The molecular formula is C18H19N. The van der Waals surface area contributed by atoms with Gasteiger partial charge in [0.05, 0.1) is 0 Å². The zero-order chi connectivity index (χ0) is 13.3. The number of fused-ring (bicyclic) bond motifs is 1. The second-order valence-corrected chi connectivity index (χ2v) is 5.30. The van der Waals surface area contributed by atoms with Crippen molar-refractivity contribution in [2.75, 3.05) is 0 Å². The summed E-state index contributed by atoms with van der Waals surface area (Å²) in [6, 6.07) is 19.3. The van der Waals surface area contributed by atoms with Crippen molar-refractivity contribution in [3.05, 3.63) is 71.9 Å². The highest BCUT2D eigenvalue weighted by atomic mass is 14.7. The molecule has 0 aliphatic rings. The predicted octanol–water partition coefficient (Wildman–Crippen LogP) is 4.88. The van der Waals surface area contributed by atoms with Gasteiger partial charge in [-0.25, -0.2) is 0 Å². The quantitative estimate of drug-likeness (QED) is 0.680. The van der Waals surface area contributed by atoms with Gasteiger partial charge in [0.2, 0.25) is 0 Å². The molecule has 3 rings (SSSR count). The van der Waals surface area contributed by atoms with Crippen LogP contribution in [0.1, 0.15) is 31.4 Å². The fourth-order valence-electron chi connectivity index (χ4n) is 2.88. The van der Waals surface area contributed by atoms with E-state index in [9.17, 15) is 0 Å². The number of para-hydroxylation sites is 1. The zero-order valence-electron chi connectivity index (χ0n) is 11.5. The van der Waals surface area contributed by atoms with Gasteiger partial charge in [-0.1, -0.05) is 62.4 Å². The van der Waals surface area contributed by atoms with Gasteiger partial charge < -0.3 is 4.98 Å². The molecule has 1 atom stereocenters. The number of benzene rings is 2. The third-order valence-corrected chi connectivity index (χ3v) is 4.30. The minimum Gasteiger partial charge on any atom is -0.361 e. The molecule has 0 radical (unpaired) electrons. The normalized spacial score (nSPS) is 14.4. The summed E-state index contributed by atoms with van der Waals surface area (Å²) in [7, 11) is 0. The maximum absolute atomic E-state index is 3.40. The van der Waals surface area contributed by atoms with E-state index in [4.69, 9.17) is 0 Å². The first-order chi connectivity index (χ1) is 9.25. The number of hydrogen-bond donors (Lipinski definition) is 1. The van der Waals surface area contributed by atoms with Crippen molar-refractivity contribution >= 4 is 10.9 Å². The third kappa shape index (κ3) is 1.86. The Morgan fingerprint density at radius 2 is 1.63 bits per heavy atom. The summed E-state index contributed by atoms with van der Waals surface area (Å²) in [4.78, 5) is 3.40. The van der Waals surface area contributed by atoms with Crippen molar-refractivity contribution in [2.45, 2.75) is 25.7 Å². The van der Waals surface area contributed by atoms with E-state index >= 15 is 0 Å². The summed E-state index contributed by atoms with van der Waals surface area (Å²) in [6.45, 7) is 4.59. The molecule has 1 heteroatoms. The second kappa shape index (κ2) is 4.58. The third-order valence-electron chi connectivity index (χ3n) is 4.30. The van der Waals surface area contributed by atoms with Crippen molar-refractivity contribution < 1.29 is 0 Å². The molecule has 2 aromatic carbocycles. The van der Waals surface area contributed by atoms with Gasteiger partial charge >= 0.3 is 0 Å². The summed E-state index contributed by atoms with van der Waals surface area (Å²) in [6.07, 6.45) is 3.25. The number of rotatable bonds is 3. The summed E-state index contributed by atoms with van der Waals surface area (Å²) < 4.78 is 0. The van der Waals surface area contributed by atoms with Crippen molar-refractivity contribution in [2.24, 2.45) is 0 Å². The van der Waals surface area contributed by atoms with Gasteiger partial charge in [-0.3, -0.25) is 0 Å². The van der Waals surface area contributed by atoms with E-state index in [2.05, 4.69) is 79.6 Å². The number of nitrogens with one attached hydrogen (secondary N) is 1. The van der Waals surface area contributed by atoms with Gasteiger partial charge in [-0.2, -0.15) is 0 Å². The molecule has 0 saturated heterocycles. The highest BCUT2D eigenvalue weighted by molar-refractivity contribution is 5.84. The van der Waals surface area contributed by atoms with Crippen LogP contribution in [0.3, 0.4) is 0 Å². The predicted molar refractivity (Wildman–Crippen MR) is 81.5 cm³/mol. The van der Waals surface area contributed by atoms with E-state index < -0.39 is 0 Å². The van der Waals surface area contributed by atoms with Crippen LogP contribution in [0.2, 0.25) is 0 Å². The molecule has 0 bridgehead atoms. The lowest BCUT2D eigenvalue weighted by atomic mass is 9.74. The Kier molecular flexibility index (Phi) is 2.90. The van der Waals surface area contributed by atoms with E-state index in [0.29, 0.717) is 0 Å². The molecule has 0 saturated carbocycles. The molecular weight excluding hydrogens is 230 g/mol. The number of aromatic nitrogens is 1. The average Bonchev–Trinajstić information content (AvgIpc) is 2.92. The van der Waals surface area contributed by atoms with Crippen LogP contribution in [0, 0.1) is 0 Å². The first kappa shape index (κ1) is 12.0. The lowest BCUT2D eigenvalue weighted by Crippen LogP contribution is -2.22. The Balaban J connectivity index is 2.22. The molecule has 0 spiro atoms. The van der Waals surface area contributed by atoms with E-state index in [0.717, 1.165) is 6.42 Å². The van der Waals surface area contributed by atoms with Crippen molar-refractivity contribution in [3.63, 3.8) is 0 Å². The van der Waals surface area contributed by atoms with Crippen molar-refractivity contribution in [3.8, 4) is 0 Å². The second-order valence-electron chi connectivity index (χ2n) is 5.30. The standard InChI is InChI=1S/C18H19N/c1-3-18(2,14-9-5-4-6-10-14)16-13-19-17-12-8-7-11-15(16)17/h4-13,19H,3H2,1-2H3/t18-/m0/s1. The Morgan fingerprint density at radius 3 is 2.37 bits per heavy atom. The number of aromatic amines is 1. The number of H-pyrrole nitrogens is 1. The van der Waals surface area contributed by atoms with Crippen LogP contribution in [0.4, 0.5) is 0 Å². The van der Waals surface area contributed by atoms with Crippen molar-refractivity contribution in [1.29, 1.82) is 0 Å². The fraction of sp³-hybridized carbons (Fsp3) is 0.222. The van der Waals surface area contributed by atoms with Gasteiger partial charge in [0.25, 0.3) is 0 Å². The fourth-order valence-corrected chi connectivity index (χ4v) is 2.88. The largest absolute Gasteiger partial charge is 0.361 e. The highest BCUT2D eigenvalue weighted by Crippen LogP contribution is 2.38. The molecule has 1 N–H and O–H groups in total. The van der Waals surface area contributed by atoms with Crippen LogP contribution in [-0.4, -0.2) is 4.98 Å². The van der Waals surface area contributed by atoms with Gasteiger partial charge in [0.15, 0.2) is 0 Å². The van der Waals surface area contributed by atoms with E-state index in [1.54, 1.807) is 0 Å². The van der Waals surface area contributed by atoms with Crippen LogP contribution in [0.5, 0.6) is 0 Å². The summed E-state index contributed by atoms with van der Waals surface area (Å²) in [5.41, 5.74) is 4.04. The van der Waals surface area contributed by atoms with Crippen molar-refractivity contribution in [1.82, 2.24) is 4.98 Å². The highest BCUT2D eigenvalue weighted by Gasteiger charge is 2.29. The summed E-state index contributed by atoms with van der Waals surface area (Å²) >= 11 is 0. The molecule has 0 aliphatic carbocycles. The minimum atomic E-state index is 0.0564. The topological polar surface area (TPSA) is 15.8 Å². The van der Waals surface area contributed by atoms with Gasteiger partial charge in [0, 0.05) is 22.5 Å². The molecule has 0 fully saturated rings. The molecule has 1 aromatic heterocycles. The molecule has 0 amide bonds. The molecule has 1 nitrogen and oxygen atoms in total. The van der Waals surface area contributed by atoms with E-state index in [1.807, 2.05) is 0 Å². The lowest BCUT2D eigenvalue weighted by Gasteiger charge is -2.29. The summed E-state index contributed by atoms with van der Waals surface area (Å²) in [5, 5.41) is 1.33. The molecule has 96 valence electrons. The first-order valence-electron chi connectivity index (χ1n) is 6.88. The smallest absolute Gasteiger partial charge is 0.0457 e. The van der Waals surface area contributed by atoms with E-state index in [1.165, 1.54) is 22.0 Å². The van der Waals surface area contributed by atoms with E-state index in [-0.39, 0.29) is 5.41 Å². The lowest BCUT2D eigenvalue weighted by molar-refractivity contribution is 0.554. The van der Waals surface area contributed by atoms with Crippen LogP contribution < -0.4 is 0 Å². The maximum atomic E-state index is 3.40. The number of hydrogen-bond acceptors (Lipinski definition) is 0. The molecule has 3 aromatic rings. The average molecular weight is 249 g/mol. The monoisotopic (exact) mass is 249 g/mol. The molecule has 19 heavy (non-hydrogen) atoms. The molecule has 1 heterocycles. The molecule has 0 unspecified atom stereocenters. The minimum absolute atomic E-state index is 0.0564. The van der Waals surface area contributed by atoms with Gasteiger partial charge in [0.1, 0.15) is 0 Å². The van der Waals surface area contributed by atoms with Crippen LogP contribution in [-0.2, 0) is 5.41 Å². The Labute approximate surface area is 114 Å². The van der Waals surface area contributed by atoms with Crippen LogP contribution in [0.25, 0.3) is 10.9 Å². The first-order valence-corrected chi connectivity index (χ1v) is 6.88.